The van der Waals surface area contributed by atoms with Crippen LogP contribution in [0.1, 0.15) is 33.3 Å². The zero-order valence-corrected chi connectivity index (χ0v) is 17.4. The fourth-order valence-electron chi connectivity index (χ4n) is 3.44. The number of hydrogen-bond acceptors (Lipinski definition) is 6. The zero-order valence-electron chi connectivity index (χ0n) is 17.4. The smallest absolute Gasteiger partial charge is 0.419 e. The second-order valence-electron chi connectivity index (χ2n) is 8.68. The standard InChI is InChI=1S/C19H26F3N5O3/c1-12-9-25(15(28)13-10-26(11-13)17(29)30-18(2,3)4)5-6-27(12)16-23-7-14(8-24-16)19(20,21)22/h7-8,12-13H,5-6,9-11H2,1-4H3/t12-/m0/s1. The van der Waals surface area contributed by atoms with Gasteiger partial charge in [0.1, 0.15) is 5.60 Å². The molecule has 0 aliphatic carbocycles. The van der Waals surface area contributed by atoms with Crippen LogP contribution in [0.5, 0.6) is 0 Å². The molecule has 30 heavy (non-hydrogen) atoms. The summed E-state index contributed by atoms with van der Waals surface area (Å²) >= 11 is 0. The minimum atomic E-state index is -4.48. The summed E-state index contributed by atoms with van der Waals surface area (Å²) in [5.74, 6) is -0.0874. The Hall–Kier alpha value is -2.59. The largest absolute Gasteiger partial charge is 0.444 e. The fraction of sp³-hybridized carbons (Fsp3) is 0.684. The van der Waals surface area contributed by atoms with Crippen molar-refractivity contribution in [2.75, 3.05) is 37.6 Å². The molecule has 0 unspecified atom stereocenters. The molecule has 0 bridgehead atoms. The van der Waals surface area contributed by atoms with Crippen LogP contribution in [0.3, 0.4) is 0 Å². The van der Waals surface area contributed by atoms with Crippen LogP contribution in [0.4, 0.5) is 23.9 Å². The van der Waals surface area contributed by atoms with Crippen molar-refractivity contribution in [1.82, 2.24) is 19.8 Å². The lowest BCUT2D eigenvalue weighted by Crippen LogP contribution is -2.61. The van der Waals surface area contributed by atoms with Crippen LogP contribution in [0.25, 0.3) is 0 Å². The lowest BCUT2D eigenvalue weighted by Gasteiger charge is -2.44. The Morgan fingerprint density at radius 3 is 2.13 bits per heavy atom. The van der Waals surface area contributed by atoms with E-state index in [2.05, 4.69) is 9.97 Å². The third-order valence-electron chi connectivity index (χ3n) is 5.04. The van der Waals surface area contributed by atoms with Crippen molar-refractivity contribution in [2.24, 2.45) is 5.92 Å². The van der Waals surface area contributed by atoms with Crippen LogP contribution < -0.4 is 4.90 Å². The molecule has 3 heterocycles. The number of nitrogens with zero attached hydrogens (tertiary/aromatic N) is 5. The molecular weight excluding hydrogens is 403 g/mol. The van der Waals surface area contributed by atoms with E-state index in [4.69, 9.17) is 4.74 Å². The SMILES string of the molecule is C[C@H]1CN(C(=O)C2CN(C(=O)OC(C)(C)C)C2)CCN1c1ncc(C(F)(F)F)cn1. The van der Waals surface area contributed by atoms with Gasteiger partial charge >= 0.3 is 12.3 Å². The molecule has 1 aromatic heterocycles. The van der Waals surface area contributed by atoms with Crippen LogP contribution in [-0.4, -0.2) is 76.1 Å². The first-order valence-corrected chi connectivity index (χ1v) is 9.78. The number of rotatable bonds is 2. The molecule has 2 aliphatic rings. The van der Waals surface area contributed by atoms with Gasteiger partial charge in [-0.1, -0.05) is 0 Å². The number of halogens is 3. The molecule has 0 N–H and O–H groups in total. The summed E-state index contributed by atoms with van der Waals surface area (Å²) in [7, 11) is 0. The zero-order chi connectivity index (χ0) is 22.3. The van der Waals surface area contributed by atoms with Crippen molar-refractivity contribution < 1.29 is 27.5 Å². The minimum absolute atomic E-state index is 0.0327. The Morgan fingerprint density at radius 2 is 1.63 bits per heavy atom. The summed E-state index contributed by atoms with van der Waals surface area (Å²) in [5.41, 5.74) is -1.48. The van der Waals surface area contributed by atoms with Gasteiger partial charge in [0, 0.05) is 51.2 Å². The average Bonchev–Trinajstić information content (AvgIpc) is 2.58. The summed E-state index contributed by atoms with van der Waals surface area (Å²) < 4.78 is 43.3. The van der Waals surface area contributed by atoms with E-state index in [0.717, 1.165) is 12.4 Å². The molecule has 0 aromatic carbocycles. The summed E-state index contributed by atoms with van der Waals surface area (Å²) in [6.07, 6.45) is -3.37. The summed E-state index contributed by atoms with van der Waals surface area (Å²) in [5, 5.41) is 0. The molecule has 0 saturated carbocycles. The van der Waals surface area contributed by atoms with Gasteiger partial charge in [-0.05, 0) is 27.7 Å². The second-order valence-corrected chi connectivity index (χ2v) is 8.68. The second kappa shape index (κ2) is 7.92. The van der Waals surface area contributed by atoms with E-state index in [9.17, 15) is 22.8 Å². The lowest BCUT2D eigenvalue weighted by molar-refractivity contribution is -0.141. The summed E-state index contributed by atoms with van der Waals surface area (Å²) in [4.78, 5) is 37.5. The van der Waals surface area contributed by atoms with Gasteiger partial charge in [-0.25, -0.2) is 14.8 Å². The molecular formula is C19H26F3N5O3. The highest BCUT2D eigenvalue weighted by atomic mass is 19.4. The van der Waals surface area contributed by atoms with Crippen LogP contribution >= 0.6 is 0 Å². The molecule has 11 heteroatoms. The van der Waals surface area contributed by atoms with Crippen LogP contribution in [0.2, 0.25) is 0 Å². The average molecular weight is 429 g/mol. The summed E-state index contributed by atoms with van der Waals surface area (Å²) in [6, 6.07) is -0.151. The highest BCUT2D eigenvalue weighted by molar-refractivity contribution is 5.83. The Kier molecular flexibility index (Phi) is 5.83. The van der Waals surface area contributed by atoms with E-state index in [1.807, 2.05) is 6.92 Å². The van der Waals surface area contributed by atoms with Gasteiger partial charge in [-0.15, -0.1) is 0 Å². The normalized spacial score (nSPS) is 20.8. The maximum atomic E-state index is 12.7. The van der Waals surface area contributed by atoms with E-state index in [1.165, 1.54) is 4.90 Å². The highest BCUT2D eigenvalue weighted by Crippen LogP contribution is 2.29. The maximum Gasteiger partial charge on any atom is 0.419 e. The van der Waals surface area contributed by atoms with Gasteiger partial charge < -0.3 is 19.4 Å². The van der Waals surface area contributed by atoms with Crippen molar-refractivity contribution in [3.05, 3.63) is 18.0 Å². The first kappa shape index (κ1) is 22.1. The fourth-order valence-corrected chi connectivity index (χ4v) is 3.44. The third-order valence-corrected chi connectivity index (χ3v) is 5.04. The molecule has 1 aromatic rings. The van der Waals surface area contributed by atoms with E-state index in [-0.39, 0.29) is 23.8 Å². The predicted molar refractivity (Wildman–Crippen MR) is 102 cm³/mol. The molecule has 166 valence electrons. The number of alkyl halides is 3. The number of piperazine rings is 1. The number of likely N-dealkylation sites (tertiary alicyclic amines) is 1. The molecule has 2 saturated heterocycles. The van der Waals surface area contributed by atoms with E-state index >= 15 is 0 Å². The van der Waals surface area contributed by atoms with Crippen molar-refractivity contribution in [2.45, 2.75) is 45.5 Å². The predicted octanol–water partition coefficient (Wildman–Crippen LogP) is 2.40. The number of aromatic nitrogens is 2. The van der Waals surface area contributed by atoms with E-state index in [1.54, 1.807) is 30.6 Å². The van der Waals surface area contributed by atoms with Gasteiger partial charge in [0.15, 0.2) is 0 Å². The molecule has 1 atom stereocenters. The Labute approximate surface area is 173 Å². The molecule has 2 aliphatic heterocycles. The van der Waals surface area contributed by atoms with Crippen molar-refractivity contribution in [3.63, 3.8) is 0 Å². The van der Waals surface area contributed by atoms with Crippen molar-refractivity contribution >= 4 is 17.9 Å². The topological polar surface area (TPSA) is 78.9 Å². The molecule has 0 spiro atoms. The Morgan fingerprint density at radius 1 is 1.03 bits per heavy atom. The number of ether oxygens (including phenoxy) is 1. The first-order chi connectivity index (χ1) is 13.8. The Balaban J connectivity index is 1.52. The minimum Gasteiger partial charge on any atom is -0.444 e. The number of carbonyl (C=O) groups is 2. The van der Waals surface area contributed by atoms with Gasteiger partial charge in [-0.2, -0.15) is 13.2 Å². The molecule has 2 amide bonds. The third kappa shape index (κ3) is 4.93. The monoisotopic (exact) mass is 429 g/mol. The van der Waals surface area contributed by atoms with Crippen molar-refractivity contribution in [3.8, 4) is 0 Å². The molecule has 8 nitrogen and oxygen atoms in total. The Bertz CT molecular complexity index is 788. The molecule has 0 radical (unpaired) electrons. The van der Waals surface area contributed by atoms with Gasteiger partial charge in [0.05, 0.1) is 11.5 Å². The number of hydrogen-bond donors (Lipinski definition) is 0. The van der Waals surface area contributed by atoms with E-state index in [0.29, 0.717) is 32.7 Å². The highest BCUT2D eigenvalue weighted by Gasteiger charge is 2.41. The van der Waals surface area contributed by atoms with Gasteiger partial charge in [0.25, 0.3) is 0 Å². The maximum absolute atomic E-state index is 12.7. The number of amides is 2. The quantitative estimate of drug-likeness (QED) is 0.719. The number of anilines is 1. The first-order valence-electron chi connectivity index (χ1n) is 9.78. The van der Waals surface area contributed by atoms with Gasteiger partial charge in [-0.3, -0.25) is 4.79 Å². The molecule has 2 fully saturated rings. The van der Waals surface area contributed by atoms with Crippen LogP contribution in [0.15, 0.2) is 12.4 Å². The molecule has 3 rings (SSSR count). The van der Waals surface area contributed by atoms with E-state index < -0.39 is 23.4 Å². The lowest BCUT2D eigenvalue weighted by atomic mass is 9.98. The van der Waals surface area contributed by atoms with Crippen molar-refractivity contribution in [1.29, 1.82) is 0 Å². The van der Waals surface area contributed by atoms with Gasteiger partial charge in [0.2, 0.25) is 11.9 Å². The summed E-state index contributed by atoms with van der Waals surface area (Å²) in [6.45, 7) is 9.12. The number of carbonyl (C=O) groups excluding carboxylic acids is 2. The van der Waals surface area contributed by atoms with Crippen LogP contribution in [0, 0.1) is 5.92 Å². The van der Waals surface area contributed by atoms with Crippen LogP contribution in [-0.2, 0) is 15.7 Å².